The van der Waals surface area contributed by atoms with Gasteiger partial charge in [-0.05, 0) is 72.3 Å². The zero-order valence-electron chi connectivity index (χ0n) is 37.0. The highest BCUT2D eigenvalue weighted by atomic mass is 28.3. The molecule has 0 saturated carbocycles. The third kappa shape index (κ3) is 3.93. The second-order valence-electron chi connectivity index (χ2n) is 13.6. The fourth-order valence-corrected chi connectivity index (χ4v) is 14.2. The van der Waals surface area contributed by atoms with E-state index in [1.54, 1.807) is 0 Å². The minimum absolute atomic E-state index is 0.0876. The van der Waals surface area contributed by atoms with Crippen LogP contribution in [0.2, 0.25) is 0 Å². The van der Waals surface area contributed by atoms with Crippen molar-refractivity contribution in [2.75, 3.05) is 0 Å². The van der Waals surface area contributed by atoms with Crippen LogP contribution >= 0.6 is 0 Å². The summed E-state index contributed by atoms with van der Waals surface area (Å²) in [5.74, 6) is -0.638. The number of benzene rings is 8. The summed E-state index contributed by atoms with van der Waals surface area (Å²) < 4.78 is 83.9. The molecule has 52 heavy (non-hydrogen) atoms. The van der Waals surface area contributed by atoms with Gasteiger partial charge in [0.15, 0.2) is 8.07 Å². The smallest absolute Gasteiger partial charge is 0.179 e. The van der Waals surface area contributed by atoms with Gasteiger partial charge in [-0.25, -0.2) is 0 Å². The highest BCUT2D eigenvalue weighted by Gasteiger charge is 2.49. The Morgan fingerprint density at radius 2 is 0.981 bits per heavy atom. The SMILES string of the molecule is [2H]c1c([2H])c([2H])c([Si](c2ccccc2)(c2ccccc2)c2cccc3c2C2c4ccccc4C3c3cccc(-n4c5ccccc5c5c([2H])c([2H])c([2H])c([2H])c54)c32)c([2H])c1[2H]. The van der Waals surface area contributed by atoms with E-state index in [1.807, 2.05) is 102 Å². The van der Waals surface area contributed by atoms with Crippen LogP contribution in [0, 0.1) is 0 Å². The number of rotatable bonds is 5. The molecule has 1 aromatic heterocycles. The Hall–Kier alpha value is -6.22. The zero-order valence-corrected chi connectivity index (χ0v) is 29.0. The van der Waals surface area contributed by atoms with Crippen molar-refractivity contribution in [3.63, 3.8) is 0 Å². The van der Waals surface area contributed by atoms with Crippen LogP contribution in [0.15, 0.2) is 200 Å². The molecule has 2 atom stereocenters. The van der Waals surface area contributed by atoms with Crippen LogP contribution in [0.4, 0.5) is 0 Å². The van der Waals surface area contributed by atoms with Crippen molar-refractivity contribution in [1.82, 2.24) is 4.57 Å². The second-order valence-corrected chi connectivity index (χ2v) is 17.3. The summed E-state index contributed by atoms with van der Waals surface area (Å²) in [6.07, 6.45) is 0. The van der Waals surface area contributed by atoms with E-state index in [-0.39, 0.29) is 54.3 Å². The Morgan fingerprint density at radius 1 is 0.404 bits per heavy atom. The molecular weight excluding hydrogens is 643 g/mol. The van der Waals surface area contributed by atoms with Crippen LogP contribution in [0.5, 0.6) is 0 Å². The Bertz CT molecular complexity index is 3260. The lowest BCUT2D eigenvalue weighted by molar-refractivity contribution is 0.752. The third-order valence-corrected chi connectivity index (χ3v) is 16.0. The molecule has 0 aliphatic heterocycles. The fraction of sp³-hybridized carbons (Fsp3) is 0.0400. The van der Waals surface area contributed by atoms with Crippen LogP contribution in [0.1, 0.15) is 57.6 Å². The Balaban J connectivity index is 1.32. The van der Waals surface area contributed by atoms with Crippen molar-refractivity contribution in [2.45, 2.75) is 11.8 Å². The number of hydrogen-bond acceptors (Lipinski definition) is 0. The average Bonchev–Trinajstić information content (AvgIpc) is 3.65. The molecule has 0 radical (unpaired) electrons. The van der Waals surface area contributed by atoms with Gasteiger partial charge >= 0.3 is 0 Å². The quantitative estimate of drug-likeness (QED) is 0.126. The topological polar surface area (TPSA) is 4.93 Å². The van der Waals surface area contributed by atoms with E-state index in [9.17, 15) is 4.11 Å². The second kappa shape index (κ2) is 11.4. The maximum atomic E-state index is 9.67. The third-order valence-electron chi connectivity index (χ3n) is 11.3. The molecule has 0 amide bonds. The highest BCUT2D eigenvalue weighted by molar-refractivity contribution is 7.20. The van der Waals surface area contributed by atoms with Crippen LogP contribution in [0.3, 0.4) is 0 Å². The number of fused-ring (bicyclic) bond motifs is 3. The fourth-order valence-electron chi connectivity index (χ4n) is 9.44. The Morgan fingerprint density at radius 3 is 1.73 bits per heavy atom. The van der Waals surface area contributed by atoms with E-state index in [2.05, 4.69) is 48.5 Å². The van der Waals surface area contributed by atoms with Crippen LogP contribution in [-0.2, 0) is 0 Å². The number of hydrogen-bond donors (Lipinski definition) is 0. The number of aromatic nitrogens is 1. The van der Waals surface area contributed by atoms with Crippen LogP contribution < -0.4 is 20.7 Å². The summed E-state index contributed by atoms with van der Waals surface area (Å²) in [7, 11) is -3.84. The van der Waals surface area contributed by atoms with Crippen molar-refractivity contribution in [2.24, 2.45) is 0 Å². The molecule has 0 N–H and O–H groups in total. The minimum atomic E-state index is -3.84. The van der Waals surface area contributed by atoms with Gasteiger partial charge in [0, 0.05) is 22.6 Å². The molecule has 1 nitrogen and oxygen atoms in total. The summed E-state index contributed by atoms with van der Waals surface area (Å²) >= 11 is 0. The average molecular weight is 687 g/mol. The van der Waals surface area contributed by atoms with Gasteiger partial charge in [-0.15, -0.1) is 0 Å². The summed E-state index contributed by atoms with van der Waals surface area (Å²) in [5, 5.41) is 4.18. The van der Waals surface area contributed by atoms with E-state index >= 15 is 0 Å². The predicted molar refractivity (Wildman–Crippen MR) is 219 cm³/mol. The first-order valence-electron chi connectivity index (χ1n) is 22.1. The zero-order chi connectivity index (χ0) is 42.1. The van der Waals surface area contributed by atoms with Gasteiger partial charge in [0.05, 0.1) is 29.1 Å². The van der Waals surface area contributed by atoms with Gasteiger partial charge in [-0.1, -0.05) is 182 Å². The lowest BCUT2D eigenvalue weighted by Gasteiger charge is -2.46. The molecule has 8 aromatic carbocycles. The molecule has 12 rings (SSSR count). The van der Waals surface area contributed by atoms with Gasteiger partial charge < -0.3 is 4.57 Å². The van der Waals surface area contributed by atoms with Gasteiger partial charge in [0.25, 0.3) is 0 Å². The lowest BCUT2D eigenvalue weighted by atomic mass is 9.60. The highest BCUT2D eigenvalue weighted by Crippen LogP contribution is 2.57. The molecule has 2 unspecified atom stereocenters. The lowest BCUT2D eigenvalue weighted by Crippen LogP contribution is -2.75. The first-order valence-corrected chi connectivity index (χ1v) is 19.6. The maximum absolute atomic E-state index is 9.67. The molecule has 3 aliphatic rings. The Kier molecular flexibility index (Phi) is 4.79. The van der Waals surface area contributed by atoms with Crippen molar-refractivity contribution in [3.05, 3.63) is 233 Å². The summed E-state index contributed by atoms with van der Waals surface area (Å²) in [4.78, 5) is 0. The summed E-state index contributed by atoms with van der Waals surface area (Å²) in [5.41, 5.74) is 8.44. The largest absolute Gasteiger partial charge is 0.309 e. The van der Waals surface area contributed by atoms with E-state index in [0.717, 1.165) is 60.0 Å². The molecule has 0 fully saturated rings. The molecule has 2 heteroatoms. The molecule has 0 saturated heterocycles. The standard InChI is InChI=1S/C50H35NSi/c1-4-18-34(19-5-1)52(35-20-6-2-7-21-35,36-22-8-3-9-23-36)46-33-17-29-42-47-39-26-10-11-27-40(39)50(49(42)46)48-41(47)28-16-32-45(48)51-43-30-14-12-24-37(43)38-25-13-15-31-44(38)51/h1-33,47,50H/i1D,4D,5D,12D,14D,18D,19D,24D,30D. The monoisotopic (exact) mass is 686 g/mol. The van der Waals surface area contributed by atoms with E-state index in [0.29, 0.717) is 16.1 Å². The normalized spacial score (nSPS) is 18.1. The molecule has 3 aliphatic carbocycles. The summed E-state index contributed by atoms with van der Waals surface area (Å²) in [6, 6.07) is 46.3. The first kappa shape index (κ1) is 21.9. The molecule has 2 bridgehead atoms. The molecule has 244 valence electrons. The molecule has 0 spiro atoms. The molecular formula is C50H35NSi. The van der Waals surface area contributed by atoms with Gasteiger partial charge in [0.2, 0.25) is 0 Å². The van der Waals surface area contributed by atoms with Crippen molar-refractivity contribution >= 4 is 50.6 Å². The Labute approximate surface area is 317 Å². The molecule has 9 aromatic rings. The van der Waals surface area contributed by atoms with Gasteiger partial charge in [0.1, 0.15) is 0 Å². The minimum Gasteiger partial charge on any atom is -0.309 e. The maximum Gasteiger partial charge on any atom is 0.179 e. The van der Waals surface area contributed by atoms with Crippen LogP contribution in [-0.4, -0.2) is 12.6 Å². The van der Waals surface area contributed by atoms with Crippen molar-refractivity contribution in [1.29, 1.82) is 0 Å². The van der Waals surface area contributed by atoms with Gasteiger partial charge in [-0.2, -0.15) is 0 Å². The first-order chi connectivity index (χ1) is 29.6. The predicted octanol–water partition coefficient (Wildman–Crippen LogP) is 9.15. The van der Waals surface area contributed by atoms with E-state index in [1.165, 1.54) is 5.56 Å². The van der Waals surface area contributed by atoms with E-state index < -0.39 is 20.0 Å². The van der Waals surface area contributed by atoms with E-state index in [4.69, 9.17) is 8.22 Å². The van der Waals surface area contributed by atoms with Crippen LogP contribution in [0.25, 0.3) is 27.5 Å². The molecule has 1 heterocycles. The number of para-hydroxylation sites is 2. The van der Waals surface area contributed by atoms with Crippen molar-refractivity contribution in [3.8, 4) is 5.69 Å². The number of nitrogens with zero attached hydrogens (tertiary/aromatic N) is 1. The van der Waals surface area contributed by atoms with Gasteiger partial charge in [-0.3, -0.25) is 0 Å². The summed E-state index contributed by atoms with van der Waals surface area (Å²) in [6.45, 7) is 0. The van der Waals surface area contributed by atoms with Crippen molar-refractivity contribution < 1.29 is 12.3 Å².